The minimum atomic E-state index is -5.45. The molecule has 4 nitrogen and oxygen atoms in total. The fourth-order valence-electron chi connectivity index (χ4n) is 0.647. The molecule has 0 heterocycles. The van der Waals surface area contributed by atoms with E-state index in [2.05, 4.69) is 9.47 Å². The molecular formula is C7H8F5IO4. The Kier molecular flexibility index (Phi) is 5.53. The molecule has 102 valence electrons. The molecular weight excluding hydrogens is 370 g/mol. The van der Waals surface area contributed by atoms with Crippen molar-refractivity contribution in [2.75, 3.05) is 6.61 Å². The van der Waals surface area contributed by atoms with Gasteiger partial charge >= 0.3 is 16.1 Å². The number of halogens is 6. The standard InChI is InChI=1S/C7H8F5IO4/c1-5(8,9)2-3-16-7(15,6(10,11)12)17-4(13)14/h15H,2-3H2,1H3. The fourth-order valence-corrected chi connectivity index (χ4v) is 0.945. The zero-order valence-corrected chi connectivity index (χ0v) is 10.5. The molecule has 10 heteroatoms. The fraction of sp³-hybridized carbons (Fsp3) is 0.857. The van der Waals surface area contributed by atoms with Crippen LogP contribution < -0.4 is 0 Å². The van der Waals surface area contributed by atoms with E-state index in [9.17, 15) is 26.7 Å². The van der Waals surface area contributed by atoms with Crippen LogP contribution in [0, 0.1) is 0 Å². The van der Waals surface area contributed by atoms with Crippen molar-refractivity contribution in [3.05, 3.63) is 0 Å². The summed E-state index contributed by atoms with van der Waals surface area (Å²) in [7, 11) is 0. The molecule has 1 atom stereocenters. The maximum Gasteiger partial charge on any atom is 0.486 e. The molecule has 0 aliphatic carbocycles. The zero-order valence-electron chi connectivity index (χ0n) is 8.35. The Hall–Kier alpha value is -0.230. The smallest absolute Gasteiger partial charge is 0.393 e. The van der Waals surface area contributed by atoms with Crippen molar-refractivity contribution in [2.24, 2.45) is 0 Å². The van der Waals surface area contributed by atoms with Crippen LogP contribution in [0.3, 0.4) is 0 Å². The lowest BCUT2D eigenvalue weighted by atomic mass is 10.3. The maximum absolute atomic E-state index is 12.3. The summed E-state index contributed by atoms with van der Waals surface area (Å²) < 4.78 is 67.2. The summed E-state index contributed by atoms with van der Waals surface area (Å²) in [5.41, 5.74) is 0. The van der Waals surface area contributed by atoms with Gasteiger partial charge in [-0.1, -0.05) is 0 Å². The first-order valence-corrected chi connectivity index (χ1v) is 5.14. The van der Waals surface area contributed by atoms with E-state index in [1.165, 1.54) is 0 Å². The Morgan fingerprint density at radius 3 is 2.06 bits per heavy atom. The molecule has 1 N–H and O–H groups in total. The van der Waals surface area contributed by atoms with Gasteiger partial charge in [-0.2, -0.15) is 13.2 Å². The Labute approximate surface area is 106 Å². The van der Waals surface area contributed by atoms with Gasteiger partial charge in [-0.3, -0.25) is 0 Å². The van der Waals surface area contributed by atoms with E-state index in [1.807, 2.05) is 0 Å². The number of rotatable bonds is 5. The van der Waals surface area contributed by atoms with Crippen LogP contribution in [-0.4, -0.2) is 33.8 Å². The molecule has 0 aliphatic heterocycles. The molecule has 0 aliphatic rings. The van der Waals surface area contributed by atoms with Gasteiger partial charge in [0.15, 0.2) is 0 Å². The Bertz CT molecular complexity index is 276. The van der Waals surface area contributed by atoms with Gasteiger partial charge < -0.3 is 14.6 Å². The van der Waals surface area contributed by atoms with Crippen LogP contribution in [0.5, 0.6) is 0 Å². The van der Waals surface area contributed by atoms with E-state index in [1.54, 1.807) is 0 Å². The molecule has 0 bridgehead atoms. The first kappa shape index (κ1) is 16.8. The summed E-state index contributed by atoms with van der Waals surface area (Å²) in [5.74, 6) is -7.47. The second-order valence-corrected chi connectivity index (χ2v) is 3.97. The van der Waals surface area contributed by atoms with E-state index in [0.29, 0.717) is 6.92 Å². The van der Waals surface area contributed by atoms with Gasteiger partial charge in [0, 0.05) is 6.42 Å². The summed E-state index contributed by atoms with van der Waals surface area (Å²) in [6, 6.07) is 0. The van der Waals surface area contributed by atoms with Crippen molar-refractivity contribution in [2.45, 2.75) is 31.4 Å². The quantitative estimate of drug-likeness (QED) is 0.346. The summed E-state index contributed by atoms with van der Waals surface area (Å²) in [5, 5.41) is 8.88. The molecule has 0 rings (SSSR count). The summed E-state index contributed by atoms with van der Waals surface area (Å²) >= 11 is 0.826. The van der Waals surface area contributed by atoms with Crippen molar-refractivity contribution < 1.29 is 41.3 Å². The third-order valence-corrected chi connectivity index (χ3v) is 1.64. The van der Waals surface area contributed by atoms with Gasteiger partial charge in [0.05, 0.1) is 29.2 Å². The average Bonchev–Trinajstić information content (AvgIpc) is 1.96. The first-order valence-electron chi connectivity index (χ1n) is 4.07. The first-order chi connectivity index (χ1) is 7.37. The molecule has 1 unspecified atom stereocenters. The number of alkyl halides is 5. The molecule has 0 fully saturated rings. The number of ether oxygens (including phenoxy) is 2. The van der Waals surface area contributed by atoms with E-state index in [-0.39, 0.29) is 0 Å². The minimum Gasteiger partial charge on any atom is -0.393 e. The second kappa shape index (κ2) is 5.61. The summed E-state index contributed by atoms with van der Waals surface area (Å²) in [6.45, 7) is -0.670. The van der Waals surface area contributed by atoms with Gasteiger partial charge in [0.25, 0.3) is 0 Å². The Balaban J connectivity index is 4.57. The summed E-state index contributed by atoms with van der Waals surface area (Å²) in [4.78, 5) is 10.3. The SMILES string of the molecule is CC(F)(F)CCOC(O)(OC(=O)I)C(F)(F)F. The van der Waals surface area contributed by atoms with Crippen LogP contribution in [-0.2, 0) is 9.47 Å². The number of hydrogen-bond donors (Lipinski definition) is 1. The molecule has 17 heavy (non-hydrogen) atoms. The highest BCUT2D eigenvalue weighted by molar-refractivity contribution is 14.1. The molecule has 0 aromatic rings. The predicted octanol–water partition coefficient (Wildman–Crippen LogP) is 2.83. The van der Waals surface area contributed by atoms with E-state index >= 15 is 0 Å². The lowest BCUT2D eigenvalue weighted by Crippen LogP contribution is -2.51. The topological polar surface area (TPSA) is 55.8 Å². The molecule has 0 spiro atoms. The monoisotopic (exact) mass is 378 g/mol. The van der Waals surface area contributed by atoms with Crippen molar-refractivity contribution in [1.82, 2.24) is 0 Å². The lowest BCUT2D eigenvalue weighted by molar-refractivity contribution is -0.450. The van der Waals surface area contributed by atoms with E-state index < -0.39 is 35.1 Å². The zero-order chi connectivity index (χ0) is 13.9. The van der Waals surface area contributed by atoms with Gasteiger partial charge in [0.2, 0.25) is 5.92 Å². The van der Waals surface area contributed by atoms with Gasteiger partial charge in [-0.15, -0.1) is 0 Å². The molecule has 0 aromatic carbocycles. The Morgan fingerprint density at radius 1 is 1.29 bits per heavy atom. The molecule has 0 aromatic heterocycles. The highest BCUT2D eigenvalue weighted by Gasteiger charge is 2.60. The van der Waals surface area contributed by atoms with Gasteiger partial charge in [-0.25, -0.2) is 13.6 Å². The lowest BCUT2D eigenvalue weighted by Gasteiger charge is -2.28. The Morgan fingerprint density at radius 2 is 1.76 bits per heavy atom. The molecule has 0 saturated heterocycles. The van der Waals surface area contributed by atoms with E-state index in [0.717, 1.165) is 22.6 Å². The van der Waals surface area contributed by atoms with Crippen molar-refractivity contribution in [3.63, 3.8) is 0 Å². The van der Waals surface area contributed by atoms with E-state index in [4.69, 9.17) is 5.11 Å². The number of hydrogen-bond acceptors (Lipinski definition) is 4. The third kappa shape index (κ3) is 6.31. The van der Waals surface area contributed by atoms with Crippen LogP contribution in [0.15, 0.2) is 0 Å². The van der Waals surface area contributed by atoms with Crippen molar-refractivity contribution >= 4 is 26.6 Å². The normalized spacial score (nSPS) is 16.5. The predicted molar refractivity (Wildman–Crippen MR) is 52.7 cm³/mol. The minimum absolute atomic E-state index is 0.466. The largest absolute Gasteiger partial charge is 0.486 e. The molecule has 0 saturated carbocycles. The van der Waals surface area contributed by atoms with Gasteiger partial charge in [-0.05, 0) is 6.92 Å². The van der Waals surface area contributed by atoms with Crippen molar-refractivity contribution in [3.8, 4) is 0 Å². The average molecular weight is 378 g/mol. The van der Waals surface area contributed by atoms with Crippen LogP contribution in [0.1, 0.15) is 13.3 Å². The number of aliphatic hydroxyl groups is 1. The third-order valence-electron chi connectivity index (χ3n) is 1.42. The number of carbonyl (C=O) groups excluding carboxylic acids is 1. The molecule has 0 amide bonds. The maximum atomic E-state index is 12.3. The van der Waals surface area contributed by atoms with Crippen LogP contribution in [0.2, 0.25) is 0 Å². The highest BCUT2D eigenvalue weighted by Crippen LogP contribution is 2.34. The van der Waals surface area contributed by atoms with Crippen LogP contribution >= 0.6 is 22.6 Å². The summed E-state index contributed by atoms with van der Waals surface area (Å²) in [6.07, 6.45) is -6.51. The van der Waals surface area contributed by atoms with Crippen molar-refractivity contribution in [1.29, 1.82) is 0 Å². The highest BCUT2D eigenvalue weighted by atomic mass is 127. The van der Waals surface area contributed by atoms with Gasteiger partial charge in [0.1, 0.15) is 0 Å². The second-order valence-electron chi connectivity index (χ2n) is 3.09. The van der Waals surface area contributed by atoms with Crippen LogP contribution in [0.4, 0.5) is 26.7 Å². The van der Waals surface area contributed by atoms with Crippen LogP contribution in [0.25, 0.3) is 0 Å². The number of carbonyl (C=O) groups is 1. The molecule has 0 radical (unpaired) electrons.